The summed E-state index contributed by atoms with van der Waals surface area (Å²) in [6.07, 6.45) is 0. The zero-order valence-corrected chi connectivity index (χ0v) is 11.0. The van der Waals surface area contributed by atoms with E-state index < -0.39 is 33.8 Å². The molecule has 2 aromatic carbocycles. The molecule has 2 aromatic rings. The van der Waals surface area contributed by atoms with Crippen LogP contribution >= 0.6 is 11.6 Å². The summed E-state index contributed by atoms with van der Waals surface area (Å²) in [7, 11) is 1.28. The fourth-order valence-corrected chi connectivity index (χ4v) is 1.85. The van der Waals surface area contributed by atoms with Gasteiger partial charge in [-0.2, -0.15) is 0 Å². The van der Waals surface area contributed by atoms with Crippen LogP contribution in [0.5, 0.6) is 5.75 Å². The first-order valence-electron chi connectivity index (χ1n) is 5.47. The number of hydrogen-bond donors (Lipinski definition) is 0. The number of rotatable bonds is 3. The van der Waals surface area contributed by atoms with Gasteiger partial charge in [-0.15, -0.1) is 0 Å². The molecule has 0 aromatic heterocycles. The Kier molecular flexibility index (Phi) is 3.99. The average Bonchev–Trinajstić information content (AvgIpc) is 2.42. The lowest BCUT2D eigenvalue weighted by Crippen LogP contribution is -2.07. The summed E-state index contributed by atoms with van der Waals surface area (Å²) in [6, 6.07) is 4.58. The molecule has 2 nitrogen and oxygen atoms in total. The van der Waals surface area contributed by atoms with Crippen molar-refractivity contribution in [2.75, 3.05) is 7.11 Å². The number of halogens is 4. The third kappa shape index (κ3) is 2.63. The third-order valence-corrected chi connectivity index (χ3v) is 2.95. The van der Waals surface area contributed by atoms with Gasteiger partial charge in [0.2, 0.25) is 0 Å². The summed E-state index contributed by atoms with van der Waals surface area (Å²) in [5.41, 5.74) is -0.746. The number of hydrogen-bond acceptors (Lipinski definition) is 2. The molecule has 0 aliphatic heterocycles. The Hall–Kier alpha value is -2.01. The lowest BCUT2D eigenvalue weighted by molar-refractivity contribution is 0.103. The summed E-state index contributed by atoms with van der Waals surface area (Å²) < 4.78 is 45.2. The van der Waals surface area contributed by atoms with Crippen molar-refractivity contribution in [3.8, 4) is 5.75 Å². The number of carbonyl (C=O) groups excluding carboxylic acids is 1. The maximum absolute atomic E-state index is 13.7. The third-order valence-electron chi connectivity index (χ3n) is 2.66. The van der Waals surface area contributed by atoms with Crippen LogP contribution in [0.4, 0.5) is 13.2 Å². The van der Waals surface area contributed by atoms with Crippen molar-refractivity contribution in [3.05, 3.63) is 63.9 Å². The Morgan fingerprint density at radius 2 is 1.75 bits per heavy atom. The van der Waals surface area contributed by atoms with Gasteiger partial charge in [-0.1, -0.05) is 11.6 Å². The smallest absolute Gasteiger partial charge is 0.199 e. The maximum Gasteiger partial charge on any atom is 0.199 e. The predicted molar refractivity (Wildman–Crippen MR) is 67.8 cm³/mol. The van der Waals surface area contributed by atoms with Crippen molar-refractivity contribution >= 4 is 17.4 Å². The SMILES string of the molecule is COc1ccc(F)cc1C(=O)c1cc(F)c(Cl)cc1F. The van der Waals surface area contributed by atoms with Crippen LogP contribution in [0.15, 0.2) is 30.3 Å². The number of carbonyl (C=O) groups is 1. The van der Waals surface area contributed by atoms with Crippen molar-refractivity contribution < 1.29 is 22.7 Å². The summed E-state index contributed by atoms with van der Waals surface area (Å²) in [4.78, 5) is 12.2. The summed E-state index contributed by atoms with van der Waals surface area (Å²) >= 11 is 5.41. The zero-order valence-electron chi connectivity index (χ0n) is 10.2. The second-order valence-corrected chi connectivity index (χ2v) is 4.33. The number of ketones is 1. The van der Waals surface area contributed by atoms with Crippen LogP contribution in [0.2, 0.25) is 5.02 Å². The zero-order chi connectivity index (χ0) is 14.9. The van der Waals surface area contributed by atoms with Gasteiger partial charge in [0.25, 0.3) is 0 Å². The van der Waals surface area contributed by atoms with Crippen LogP contribution in [-0.2, 0) is 0 Å². The molecule has 2 rings (SSSR count). The van der Waals surface area contributed by atoms with Crippen molar-refractivity contribution in [1.29, 1.82) is 0 Å². The van der Waals surface area contributed by atoms with E-state index in [0.29, 0.717) is 12.1 Å². The van der Waals surface area contributed by atoms with Crippen LogP contribution in [0.1, 0.15) is 15.9 Å². The first-order chi connectivity index (χ1) is 9.43. The Morgan fingerprint density at radius 1 is 1.05 bits per heavy atom. The van der Waals surface area contributed by atoms with Gasteiger partial charge in [0.05, 0.1) is 23.3 Å². The van der Waals surface area contributed by atoms with E-state index >= 15 is 0 Å². The Morgan fingerprint density at radius 3 is 2.40 bits per heavy atom. The molecule has 0 spiro atoms. The number of benzene rings is 2. The van der Waals surface area contributed by atoms with Crippen molar-refractivity contribution in [2.24, 2.45) is 0 Å². The quantitative estimate of drug-likeness (QED) is 0.633. The molecule has 0 amide bonds. The molecule has 20 heavy (non-hydrogen) atoms. The van der Waals surface area contributed by atoms with E-state index in [0.717, 1.165) is 12.1 Å². The van der Waals surface area contributed by atoms with Crippen LogP contribution in [0.3, 0.4) is 0 Å². The van der Waals surface area contributed by atoms with Gasteiger partial charge in [0, 0.05) is 0 Å². The van der Waals surface area contributed by atoms with Gasteiger partial charge in [-0.05, 0) is 30.3 Å². The second kappa shape index (κ2) is 5.54. The van der Waals surface area contributed by atoms with Crippen molar-refractivity contribution in [1.82, 2.24) is 0 Å². The minimum absolute atomic E-state index is 0.0613. The molecule has 0 heterocycles. The molecule has 0 unspecified atom stereocenters. The van der Waals surface area contributed by atoms with E-state index in [9.17, 15) is 18.0 Å². The predicted octanol–water partition coefficient (Wildman–Crippen LogP) is 4.00. The van der Waals surface area contributed by atoms with Gasteiger partial charge in [-0.25, -0.2) is 13.2 Å². The van der Waals surface area contributed by atoms with Crippen molar-refractivity contribution in [2.45, 2.75) is 0 Å². The topological polar surface area (TPSA) is 26.3 Å². The molecule has 0 fully saturated rings. The van der Waals surface area contributed by atoms with Gasteiger partial charge in [-0.3, -0.25) is 4.79 Å². The minimum atomic E-state index is -0.993. The number of ether oxygens (including phenoxy) is 1. The normalized spacial score (nSPS) is 10.4. The molecule has 6 heteroatoms. The van der Waals surface area contributed by atoms with E-state index in [1.54, 1.807) is 0 Å². The molecular weight excluding hydrogens is 293 g/mol. The van der Waals surface area contributed by atoms with E-state index in [1.807, 2.05) is 0 Å². The Bertz CT molecular complexity index is 686. The van der Waals surface area contributed by atoms with E-state index in [-0.39, 0.29) is 11.3 Å². The summed E-state index contributed by atoms with van der Waals surface area (Å²) in [5.74, 6) is -3.45. The summed E-state index contributed by atoms with van der Waals surface area (Å²) in [6.45, 7) is 0. The Balaban J connectivity index is 2.57. The van der Waals surface area contributed by atoms with Crippen molar-refractivity contribution in [3.63, 3.8) is 0 Å². The molecule has 0 radical (unpaired) electrons. The highest BCUT2D eigenvalue weighted by atomic mass is 35.5. The van der Waals surface area contributed by atoms with E-state index in [2.05, 4.69) is 0 Å². The highest BCUT2D eigenvalue weighted by molar-refractivity contribution is 6.31. The van der Waals surface area contributed by atoms with Crippen LogP contribution < -0.4 is 4.74 Å². The monoisotopic (exact) mass is 300 g/mol. The first kappa shape index (κ1) is 14.4. The molecule has 104 valence electrons. The minimum Gasteiger partial charge on any atom is -0.496 e. The summed E-state index contributed by atoms with van der Waals surface area (Å²) in [5, 5.41) is -0.440. The second-order valence-electron chi connectivity index (χ2n) is 3.92. The molecule has 0 bridgehead atoms. The molecule has 0 aliphatic carbocycles. The van der Waals surface area contributed by atoms with Gasteiger partial charge in [0.1, 0.15) is 23.2 Å². The van der Waals surface area contributed by atoms with E-state index in [4.69, 9.17) is 16.3 Å². The van der Waals surface area contributed by atoms with Gasteiger partial charge in [0.15, 0.2) is 5.78 Å². The fraction of sp³-hybridized carbons (Fsp3) is 0.0714. The standard InChI is InChI=1S/C14H8ClF3O2/c1-20-13-3-2-7(16)4-9(13)14(19)8-5-12(18)10(15)6-11(8)17/h2-6H,1H3. The molecule has 0 saturated heterocycles. The lowest BCUT2D eigenvalue weighted by Gasteiger charge is -2.09. The molecule has 0 saturated carbocycles. The molecule has 0 N–H and O–H groups in total. The van der Waals surface area contributed by atoms with Crippen LogP contribution in [-0.4, -0.2) is 12.9 Å². The van der Waals surface area contributed by atoms with E-state index in [1.165, 1.54) is 13.2 Å². The highest BCUT2D eigenvalue weighted by Crippen LogP contribution is 2.26. The maximum atomic E-state index is 13.7. The molecule has 0 atom stereocenters. The average molecular weight is 301 g/mol. The largest absolute Gasteiger partial charge is 0.496 e. The van der Waals surface area contributed by atoms with Gasteiger partial charge >= 0.3 is 0 Å². The highest BCUT2D eigenvalue weighted by Gasteiger charge is 2.20. The number of methoxy groups -OCH3 is 1. The van der Waals surface area contributed by atoms with Crippen LogP contribution in [0.25, 0.3) is 0 Å². The molecule has 0 aliphatic rings. The Labute approximate surface area is 117 Å². The van der Waals surface area contributed by atoms with Gasteiger partial charge < -0.3 is 4.74 Å². The fourth-order valence-electron chi connectivity index (χ4n) is 1.70. The molecular formula is C14H8ClF3O2. The first-order valence-corrected chi connectivity index (χ1v) is 5.84. The lowest BCUT2D eigenvalue weighted by atomic mass is 10.0. The van der Waals surface area contributed by atoms with Crippen LogP contribution in [0, 0.1) is 17.5 Å².